The van der Waals surface area contributed by atoms with E-state index in [0.29, 0.717) is 22.9 Å². The van der Waals surface area contributed by atoms with E-state index < -0.39 is 11.2 Å². The Kier molecular flexibility index (Phi) is 5.79. The van der Waals surface area contributed by atoms with E-state index in [9.17, 15) is 9.59 Å². The van der Waals surface area contributed by atoms with E-state index >= 15 is 0 Å². The maximum absolute atomic E-state index is 13.1. The molecular formula is C24H20N4O5. The van der Waals surface area contributed by atoms with E-state index in [-0.39, 0.29) is 24.3 Å². The van der Waals surface area contributed by atoms with E-state index in [1.54, 1.807) is 50.1 Å². The van der Waals surface area contributed by atoms with Crippen LogP contribution in [0.2, 0.25) is 0 Å². The van der Waals surface area contributed by atoms with Gasteiger partial charge in [-0.2, -0.15) is 0 Å². The maximum Gasteiger partial charge on any atom is 0.333 e. The van der Waals surface area contributed by atoms with Crippen LogP contribution in [0.5, 0.6) is 11.5 Å². The van der Waals surface area contributed by atoms with Crippen LogP contribution in [0.25, 0.3) is 11.2 Å². The molecule has 0 saturated carbocycles. The first kappa shape index (κ1) is 21.6. The van der Waals surface area contributed by atoms with Crippen LogP contribution in [0, 0.1) is 24.2 Å². The van der Waals surface area contributed by atoms with Gasteiger partial charge in [0.15, 0.2) is 28.5 Å². The summed E-state index contributed by atoms with van der Waals surface area (Å²) < 4.78 is 19.6. The molecule has 3 aromatic heterocycles. The van der Waals surface area contributed by atoms with Crippen LogP contribution in [0.4, 0.5) is 0 Å². The molecule has 0 saturated heterocycles. The van der Waals surface area contributed by atoms with Crippen molar-refractivity contribution in [3.05, 3.63) is 74.6 Å². The molecule has 1 aromatic carbocycles. The summed E-state index contributed by atoms with van der Waals surface area (Å²) in [7, 11) is 4.77. The number of hydrogen-bond donors (Lipinski definition) is 0. The van der Waals surface area contributed by atoms with Gasteiger partial charge in [-0.15, -0.1) is 6.42 Å². The van der Waals surface area contributed by atoms with Crippen molar-refractivity contribution < 1.29 is 13.9 Å². The van der Waals surface area contributed by atoms with Crippen molar-refractivity contribution in [3.8, 4) is 35.7 Å². The molecule has 0 aliphatic rings. The minimum absolute atomic E-state index is 0.156. The highest BCUT2D eigenvalue weighted by Crippen LogP contribution is 2.27. The third-order valence-electron chi connectivity index (χ3n) is 5.11. The van der Waals surface area contributed by atoms with E-state index in [4.69, 9.17) is 20.3 Å². The topological polar surface area (TPSA) is 93.4 Å². The number of imidazole rings is 1. The quantitative estimate of drug-likeness (QED) is 0.434. The molecule has 0 atom stereocenters. The first-order chi connectivity index (χ1) is 16.0. The predicted molar refractivity (Wildman–Crippen MR) is 121 cm³/mol. The molecule has 0 N–H and O–H groups in total. The third kappa shape index (κ3) is 3.88. The maximum atomic E-state index is 13.1. The molecule has 166 valence electrons. The highest BCUT2D eigenvalue weighted by molar-refractivity contribution is 5.72. The Bertz CT molecular complexity index is 1550. The molecule has 0 aliphatic carbocycles. The SMILES string of the molecule is C#CCn1c(=O)c2c(nc(C#Cc3ccc(OC)c(OC)c3)n2C)n(Cc2ccoc2)c1=O. The van der Waals surface area contributed by atoms with Gasteiger partial charge in [-0.3, -0.25) is 9.36 Å². The summed E-state index contributed by atoms with van der Waals surface area (Å²) in [5, 5.41) is 0. The number of aryl methyl sites for hydroxylation is 1. The molecule has 0 spiro atoms. The fraction of sp³-hybridized carbons (Fsp3) is 0.208. The Hall–Kier alpha value is -4.63. The van der Waals surface area contributed by atoms with Crippen molar-refractivity contribution in [3.63, 3.8) is 0 Å². The lowest BCUT2D eigenvalue weighted by molar-refractivity contribution is 0.355. The number of furan rings is 1. The van der Waals surface area contributed by atoms with Crippen LogP contribution in [-0.2, 0) is 20.1 Å². The summed E-state index contributed by atoms with van der Waals surface area (Å²) in [5.74, 6) is 9.79. The number of fused-ring (bicyclic) bond motifs is 1. The molecule has 4 aromatic rings. The second-order valence-electron chi connectivity index (χ2n) is 7.08. The van der Waals surface area contributed by atoms with E-state index in [1.807, 2.05) is 0 Å². The van der Waals surface area contributed by atoms with Crippen LogP contribution < -0.4 is 20.7 Å². The van der Waals surface area contributed by atoms with Crippen LogP contribution >= 0.6 is 0 Å². The van der Waals surface area contributed by atoms with Gasteiger partial charge in [-0.25, -0.2) is 14.3 Å². The highest BCUT2D eigenvalue weighted by atomic mass is 16.5. The first-order valence-electron chi connectivity index (χ1n) is 9.87. The fourth-order valence-electron chi connectivity index (χ4n) is 3.45. The van der Waals surface area contributed by atoms with Gasteiger partial charge in [0, 0.05) is 18.2 Å². The normalized spacial score (nSPS) is 10.5. The monoisotopic (exact) mass is 444 g/mol. The number of methoxy groups -OCH3 is 2. The number of terminal acetylenes is 1. The van der Waals surface area contributed by atoms with Crippen molar-refractivity contribution in [1.29, 1.82) is 0 Å². The summed E-state index contributed by atoms with van der Waals surface area (Å²) in [6, 6.07) is 7.00. The predicted octanol–water partition coefficient (Wildman–Crippen LogP) is 1.59. The molecule has 0 amide bonds. The molecule has 3 heterocycles. The van der Waals surface area contributed by atoms with E-state index in [1.165, 1.54) is 17.1 Å². The van der Waals surface area contributed by atoms with Gasteiger partial charge in [-0.1, -0.05) is 11.8 Å². The molecule has 0 bridgehead atoms. The van der Waals surface area contributed by atoms with E-state index in [0.717, 1.165) is 10.1 Å². The average Bonchev–Trinajstić information content (AvgIpc) is 3.45. The molecule has 0 fully saturated rings. The number of nitrogens with zero attached hydrogens (tertiary/aromatic N) is 4. The summed E-state index contributed by atoms with van der Waals surface area (Å²) in [4.78, 5) is 30.6. The molecule has 33 heavy (non-hydrogen) atoms. The molecule has 0 aliphatic heterocycles. The fourth-order valence-corrected chi connectivity index (χ4v) is 3.45. The summed E-state index contributed by atoms with van der Waals surface area (Å²) in [6.45, 7) is 0.00702. The van der Waals surface area contributed by atoms with Gasteiger partial charge in [0.25, 0.3) is 5.56 Å². The Balaban J connectivity index is 1.89. The largest absolute Gasteiger partial charge is 0.493 e. The molecule has 4 rings (SSSR count). The Labute approximate surface area is 188 Å². The number of ether oxygens (including phenoxy) is 2. The Morgan fingerprint density at radius 1 is 1.09 bits per heavy atom. The Morgan fingerprint density at radius 2 is 1.88 bits per heavy atom. The van der Waals surface area contributed by atoms with Crippen LogP contribution in [0.3, 0.4) is 0 Å². The number of benzene rings is 1. The lowest BCUT2D eigenvalue weighted by Crippen LogP contribution is -2.40. The number of aromatic nitrogens is 4. The minimum Gasteiger partial charge on any atom is -0.493 e. The molecule has 9 nitrogen and oxygen atoms in total. The second-order valence-corrected chi connectivity index (χ2v) is 7.08. The molecule has 0 radical (unpaired) electrons. The zero-order valence-electron chi connectivity index (χ0n) is 18.3. The van der Waals surface area contributed by atoms with Gasteiger partial charge in [0.2, 0.25) is 0 Å². The average molecular weight is 444 g/mol. The van der Waals surface area contributed by atoms with Gasteiger partial charge >= 0.3 is 5.69 Å². The minimum atomic E-state index is -0.552. The first-order valence-corrected chi connectivity index (χ1v) is 9.87. The second kappa shape index (κ2) is 8.85. The van der Waals surface area contributed by atoms with E-state index in [2.05, 4.69) is 22.7 Å². The highest BCUT2D eigenvalue weighted by Gasteiger charge is 2.19. The smallest absolute Gasteiger partial charge is 0.333 e. The van der Waals surface area contributed by atoms with Crippen LogP contribution in [0.1, 0.15) is 17.0 Å². The molecular weight excluding hydrogens is 424 g/mol. The summed E-state index contributed by atoms with van der Waals surface area (Å²) in [6.07, 6.45) is 8.42. The van der Waals surface area contributed by atoms with Crippen molar-refractivity contribution in [2.24, 2.45) is 7.05 Å². The lowest BCUT2D eigenvalue weighted by atomic mass is 10.2. The van der Waals surface area contributed by atoms with Crippen molar-refractivity contribution >= 4 is 11.2 Å². The standard InChI is InChI=1S/C24H20N4O5/c1-5-11-27-23(29)21-22(28(24(27)30)14-17-10-12-33-15-17)25-20(26(21)2)9-7-16-6-8-18(31-3)19(13-16)32-4/h1,6,8,10,12-13,15H,11,14H2,2-4H3. The lowest BCUT2D eigenvalue weighted by Gasteiger charge is -2.09. The zero-order chi connectivity index (χ0) is 23.5. The number of rotatable bonds is 5. The van der Waals surface area contributed by atoms with Crippen molar-refractivity contribution in [1.82, 2.24) is 18.7 Å². The molecule has 9 heteroatoms. The van der Waals surface area contributed by atoms with Crippen molar-refractivity contribution in [2.45, 2.75) is 13.1 Å². The van der Waals surface area contributed by atoms with Gasteiger partial charge in [0.1, 0.15) is 0 Å². The Morgan fingerprint density at radius 3 is 2.55 bits per heavy atom. The summed E-state index contributed by atoms with van der Waals surface area (Å²) >= 11 is 0. The van der Waals surface area contributed by atoms with Gasteiger partial charge < -0.3 is 18.5 Å². The zero-order valence-corrected chi connectivity index (χ0v) is 18.3. The number of hydrogen-bond acceptors (Lipinski definition) is 6. The molecule has 0 unspecified atom stereocenters. The van der Waals surface area contributed by atoms with Gasteiger partial charge in [-0.05, 0) is 30.2 Å². The van der Waals surface area contributed by atoms with Crippen LogP contribution in [-0.4, -0.2) is 32.9 Å². The van der Waals surface area contributed by atoms with Crippen LogP contribution in [0.15, 0.2) is 50.8 Å². The summed E-state index contributed by atoms with van der Waals surface area (Å²) in [5.41, 5.74) is 0.784. The van der Waals surface area contributed by atoms with Crippen molar-refractivity contribution in [2.75, 3.05) is 14.2 Å². The van der Waals surface area contributed by atoms with Gasteiger partial charge in [0.05, 0.1) is 39.8 Å². The third-order valence-corrected chi connectivity index (χ3v) is 5.11.